The first-order valence-electron chi connectivity index (χ1n) is 4.48. The molecule has 82 valence electrons. The third kappa shape index (κ3) is 3.37. The molecule has 1 rings (SSSR count). The van der Waals surface area contributed by atoms with Crippen molar-refractivity contribution in [3.8, 4) is 0 Å². The quantitative estimate of drug-likeness (QED) is 0.669. The molecule has 0 unspecified atom stereocenters. The van der Waals surface area contributed by atoms with Crippen LogP contribution >= 0.6 is 0 Å². The molecule has 0 aliphatic heterocycles. The van der Waals surface area contributed by atoms with Gasteiger partial charge in [-0.05, 0) is 6.42 Å². The van der Waals surface area contributed by atoms with E-state index in [9.17, 15) is 9.59 Å². The zero-order valence-corrected chi connectivity index (χ0v) is 8.25. The monoisotopic (exact) mass is 212 g/mol. The molecule has 0 spiro atoms. The fourth-order valence-corrected chi connectivity index (χ4v) is 1.04. The maximum absolute atomic E-state index is 11.3. The van der Waals surface area contributed by atoms with Gasteiger partial charge in [-0.25, -0.2) is 14.5 Å². The number of carboxylic acids is 1. The van der Waals surface area contributed by atoms with Crippen LogP contribution < -0.4 is 5.32 Å². The number of rotatable bonds is 5. The summed E-state index contributed by atoms with van der Waals surface area (Å²) in [5.41, 5.74) is 0. The molecule has 0 bridgehead atoms. The Balaban J connectivity index is 2.45. The van der Waals surface area contributed by atoms with Crippen molar-refractivity contribution in [2.75, 3.05) is 0 Å². The number of carboxylic acid groups (broad SMARTS) is 1. The Morgan fingerprint density at radius 1 is 1.60 bits per heavy atom. The molecule has 1 aromatic heterocycles. The molecular weight excluding hydrogens is 200 g/mol. The minimum atomic E-state index is -1.04. The maximum atomic E-state index is 11.3. The average molecular weight is 212 g/mol. The highest BCUT2D eigenvalue weighted by atomic mass is 16.4. The van der Waals surface area contributed by atoms with Crippen molar-refractivity contribution >= 4 is 11.9 Å². The molecule has 0 saturated heterocycles. The van der Waals surface area contributed by atoms with E-state index in [0.29, 0.717) is 6.42 Å². The van der Waals surface area contributed by atoms with Gasteiger partial charge in [-0.3, -0.25) is 4.79 Å². The van der Waals surface area contributed by atoms with Gasteiger partial charge in [0.1, 0.15) is 25.2 Å². The Labute approximate surface area is 86.1 Å². The average Bonchev–Trinajstić information content (AvgIpc) is 2.66. The molecule has 7 nitrogen and oxygen atoms in total. The van der Waals surface area contributed by atoms with Crippen molar-refractivity contribution in [2.24, 2.45) is 0 Å². The van der Waals surface area contributed by atoms with Crippen LogP contribution in [-0.2, 0) is 16.1 Å². The largest absolute Gasteiger partial charge is 0.480 e. The van der Waals surface area contributed by atoms with E-state index in [4.69, 9.17) is 5.11 Å². The molecule has 0 aliphatic carbocycles. The van der Waals surface area contributed by atoms with Crippen molar-refractivity contribution in [3.63, 3.8) is 0 Å². The van der Waals surface area contributed by atoms with Gasteiger partial charge in [0.15, 0.2) is 0 Å². The van der Waals surface area contributed by atoms with Gasteiger partial charge in [0, 0.05) is 0 Å². The lowest BCUT2D eigenvalue weighted by Crippen LogP contribution is -2.41. The van der Waals surface area contributed by atoms with Gasteiger partial charge in [0.2, 0.25) is 5.91 Å². The summed E-state index contributed by atoms with van der Waals surface area (Å²) in [7, 11) is 0. The molecule has 1 aromatic rings. The summed E-state index contributed by atoms with van der Waals surface area (Å²) in [6, 6.07) is -0.846. The van der Waals surface area contributed by atoms with Gasteiger partial charge in [0.25, 0.3) is 0 Å². The molecule has 7 heteroatoms. The summed E-state index contributed by atoms with van der Waals surface area (Å²) < 4.78 is 1.32. The van der Waals surface area contributed by atoms with E-state index in [0.717, 1.165) is 0 Å². The highest BCUT2D eigenvalue weighted by Gasteiger charge is 2.17. The number of carbonyl (C=O) groups is 2. The number of nitrogens with one attached hydrogen (secondary N) is 1. The molecule has 2 N–H and O–H groups in total. The zero-order valence-electron chi connectivity index (χ0n) is 8.25. The second-order valence-electron chi connectivity index (χ2n) is 2.96. The Morgan fingerprint density at radius 3 is 2.80 bits per heavy atom. The van der Waals surface area contributed by atoms with E-state index in [1.807, 2.05) is 0 Å². The minimum Gasteiger partial charge on any atom is -0.480 e. The van der Waals surface area contributed by atoms with E-state index in [1.54, 1.807) is 6.92 Å². The van der Waals surface area contributed by atoms with Crippen molar-refractivity contribution in [2.45, 2.75) is 25.9 Å². The molecule has 0 saturated carbocycles. The first-order chi connectivity index (χ1) is 7.13. The molecule has 1 heterocycles. The third-order valence-corrected chi connectivity index (χ3v) is 1.81. The molecular formula is C8H12N4O3. The van der Waals surface area contributed by atoms with Gasteiger partial charge < -0.3 is 10.4 Å². The highest BCUT2D eigenvalue weighted by Crippen LogP contribution is 1.91. The van der Waals surface area contributed by atoms with Gasteiger partial charge in [-0.15, -0.1) is 0 Å². The van der Waals surface area contributed by atoms with Gasteiger partial charge in [-0.1, -0.05) is 6.92 Å². The number of amides is 1. The normalized spacial score (nSPS) is 12.1. The van der Waals surface area contributed by atoms with Crippen LogP contribution in [0.25, 0.3) is 0 Å². The van der Waals surface area contributed by atoms with Crippen LogP contribution in [-0.4, -0.2) is 37.8 Å². The van der Waals surface area contributed by atoms with Gasteiger partial charge in [0.05, 0.1) is 0 Å². The van der Waals surface area contributed by atoms with Crippen LogP contribution in [0.5, 0.6) is 0 Å². The van der Waals surface area contributed by atoms with Crippen molar-refractivity contribution in [3.05, 3.63) is 12.7 Å². The molecule has 0 aliphatic rings. The summed E-state index contributed by atoms with van der Waals surface area (Å²) in [5.74, 6) is -1.43. The van der Waals surface area contributed by atoms with Crippen molar-refractivity contribution < 1.29 is 14.7 Å². The van der Waals surface area contributed by atoms with Crippen molar-refractivity contribution in [1.82, 2.24) is 20.1 Å². The number of aromatic nitrogens is 3. The fourth-order valence-electron chi connectivity index (χ4n) is 1.04. The summed E-state index contributed by atoms with van der Waals surface area (Å²) in [5, 5.41) is 14.8. The number of carbonyl (C=O) groups excluding carboxylic acids is 1. The van der Waals surface area contributed by atoms with E-state index in [1.165, 1.54) is 17.3 Å². The van der Waals surface area contributed by atoms with Gasteiger partial charge >= 0.3 is 5.97 Å². The number of hydrogen-bond acceptors (Lipinski definition) is 4. The summed E-state index contributed by atoms with van der Waals surface area (Å²) in [4.78, 5) is 25.6. The standard InChI is InChI=1S/C8H12N4O3/c1-2-6(8(14)15)11-7(13)3-12-5-9-4-10-12/h4-6H,2-3H2,1H3,(H,11,13)(H,14,15)/t6-/m0/s1. The summed E-state index contributed by atoms with van der Waals surface area (Å²) >= 11 is 0. The van der Waals surface area contributed by atoms with Crippen LogP contribution in [0.2, 0.25) is 0 Å². The van der Waals surface area contributed by atoms with Crippen LogP contribution in [0, 0.1) is 0 Å². The Kier molecular flexibility index (Phi) is 3.78. The number of hydrogen-bond donors (Lipinski definition) is 2. The predicted octanol–water partition coefficient (Wildman–Crippen LogP) is -0.743. The maximum Gasteiger partial charge on any atom is 0.326 e. The third-order valence-electron chi connectivity index (χ3n) is 1.81. The van der Waals surface area contributed by atoms with Crippen LogP contribution in [0.15, 0.2) is 12.7 Å². The van der Waals surface area contributed by atoms with Gasteiger partial charge in [-0.2, -0.15) is 5.10 Å². The van der Waals surface area contributed by atoms with Crippen LogP contribution in [0.1, 0.15) is 13.3 Å². The predicted molar refractivity (Wildman–Crippen MR) is 49.9 cm³/mol. The first kappa shape index (κ1) is 11.2. The van der Waals surface area contributed by atoms with E-state index in [2.05, 4.69) is 15.4 Å². The Bertz CT molecular complexity index is 336. The van der Waals surface area contributed by atoms with Crippen molar-refractivity contribution in [1.29, 1.82) is 0 Å². The van der Waals surface area contributed by atoms with Crippen LogP contribution in [0.4, 0.5) is 0 Å². The molecule has 0 radical (unpaired) electrons. The van der Waals surface area contributed by atoms with E-state index >= 15 is 0 Å². The topological polar surface area (TPSA) is 97.1 Å². The smallest absolute Gasteiger partial charge is 0.326 e. The molecule has 1 amide bonds. The number of aliphatic carboxylic acids is 1. The lowest BCUT2D eigenvalue weighted by Gasteiger charge is -2.11. The lowest BCUT2D eigenvalue weighted by molar-refractivity contribution is -0.142. The molecule has 0 aromatic carbocycles. The molecule has 1 atom stereocenters. The van der Waals surface area contributed by atoms with Crippen LogP contribution in [0.3, 0.4) is 0 Å². The summed E-state index contributed by atoms with van der Waals surface area (Å²) in [6.45, 7) is 1.66. The molecule has 15 heavy (non-hydrogen) atoms. The second-order valence-corrected chi connectivity index (χ2v) is 2.96. The Morgan fingerprint density at radius 2 is 2.33 bits per heavy atom. The van der Waals surface area contributed by atoms with E-state index < -0.39 is 17.9 Å². The second kappa shape index (κ2) is 5.08. The number of nitrogens with zero attached hydrogens (tertiary/aromatic N) is 3. The first-order valence-corrected chi connectivity index (χ1v) is 4.48. The fraction of sp³-hybridized carbons (Fsp3) is 0.500. The SMILES string of the molecule is CC[C@H](NC(=O)Cn1cncn1)C(=O)O. The summed E-state index contributed by atoms with van der Waals surface area (Å²) in [6.07, 6.45) is 3.04. The lowest BCUT2D eigenvalue weighted by atomic mass is 10.2. The molecule has 0 fully saturated rings. The zero-order chi connectivity index (χ0) is 11.3. The highest BCUT2D eigenvalue weighted by molar-refractivity contribution is 5.83. The minimum absolute atomic E-state index is 0.0240. The van der Waals surface area contributed by atoms with E-state index in [-0.39, 0.29) is 6.54 Å². The Hall–Kier alpha value is -1.92.